The highest BCUT2D eigenvalue weighted by molar-refractivity contribution is 7.98. The molecule has 0 saturated heterocycles. The van der Waals surface area contributed by atoms with Crippen LogP contribution < -0.4 is 4.74 Å². The molecule has 0 aliphatic carbocycles. The molecule has 0 aliphatic heterocycles. The number of hydrogen-bond acceptors (Lipinski definition) is 4. The van der Waals surface area contributed by atoms with E-state index in [2.05, 4.69) is 14.9 Å². The maximum absolute atomic E-state index is 12.8. The number of benzene rings is 1. The second kappa shape index (κ2) is 6.71. The maximum Gasteiger partial charge on any atom is 0.573 e. The minimum Gasteiger partial charge on any atom is -0.406 e. The normalized spacial score (nSPS) is 12.5. The molecular weight excluding hydrogens is 384 g/mol. The van der Waals surface area contributed by atoms with Crippen LogP contribution in [-0.4, -0.2) is 21.0 Å². The van der Waals surface area contributed by atoms with Crippen molar-refractivity contribution < 1.29 is 31.1 Å². The number of halogens is 6. The third kappa shape index (κ3) is 4.40. The van der Waals surface area contributed by atoms with Crippen molar-refractivity contribution in [2.75, 3.05) is 0 Å². The zero-order valence-electron chi connectivity index (χ0n) is 12.7. The van der Waals surface area contributed by atoms with Crippen LogP contribution in [0.1, 0.15) is 11.1 Å². The lowest BCUT2D eigenvalue weighted by atomic mass is 10.2. The van der Waals surface area contributed by atoms with Gasteiger partial charge in [0.15, 0.2) is 10.8 Å². The van der Waals surface area contributed by atoms with Gasteiger partial charge in [-0.2, -0.15) is 13.2 Å². The summed E-state index contributed by atoms with van der Waals surface area (Å²) >= 11 is 1.11. The van der Waals surface area contributed by atoms with Crippen LogP contribution in [0.2, 0.25) is 0 Å². The summed E-state index contributed by atoms with van der Waals surface area (Å²) in [5, 5.41) is 7.86. The zero-order valence-corrected chi connectivity index (χ0v) is 13.5. The highest BCUT2D eigenvalue weighted by Gasteiger charge is 2.31. The Kier molecular flexibility index (Phi) is 4.74. The number of aromatic nitrogens is 3. The summed E-state index contributed by atoms with van der Waals surface area (Å²) in [6, 6.07) is 7.30. The number of rotatable bonds is 4. The number of hydrogen-bond donors (Lipinski definition) is 0. The first-order valence-corrected chi connectivity index (χ1v) is 8.00. The molecule has 26 heavy (non-hydrogen) atoms. The molecule has 0 fully saturated rings. The average Bonchev–Trinajstić information content (AvgIpc) is 2.94. The first-order chi connectivity index (χ1) is 12.1. The third-order valence-electron chi connectivity index (χ3n) is 3.22. The largest absolute Gasteiger partial charge is 0.573 e. The van der Waals surface area contributed by atoms with E-state index in [4.69, 9.17) is 0 Å². The highest BCUT2D eigenvalue weighted by atomic mass is 32.2. The molecular formula is C15H9F6N3OS. The van der Waals surface area contributed by atoms with Gasteiger partial charge in [0.05, 0.1) is 5.56 Å². The Balaban J connectivity index is 1.73. The third-order valence-corrected chi connectivity index (χ3v) is 4.24. The van der Waals surface area contributed by atoms with Gasteiger partial charge in [0.25, 0.3) is 0 Å². The lowest BCUT2D eigenvalue weighted by Gasteiger charge is -2.09. The zero-order chi connectivity index (χ0) is 18.9. The van der Waals surface area contributed by atoms with Gasteiger partial charge in [-0.05, 0) is 29.8 Å². The Bertz CT molecular complexity index is 904. The smallest absolute Gasteiger partial charge is 0.406 e. The molecule has 11 heteroatoms. The predicted molar refractivity (Wildman–Crippen MR) is 80.7 cm³/mol. The standard InChI is InChI=1S/C15H9F6N3OS/c16-14(17,18)10-3-6-12-22-23-13(24(12)7-10)26-8-9-1-4-11(5-2-9)25-15(19,20)21/h1-7H,8H2. The van der Waals surface area contributed by atoms with Crippen LogP contribution in [0.3, 0.4) is 0 Å². The van der Waals surface area contributed by atoms with E-state index in [0.717, 1.165) is 36.2 Å². The second-order valence-electron chi connectivity index (χ2n) is 5.11. The monoisotopic (exact) mass is 393 g/mol. The molecule has 0 atom stereocenters. The van der Waals surface area contributed by atoms with Crippen molar-refractivity contribution in [1.82, 2.24) is 14.6 Å². The van der Waals surface area contributed by atoms with Gasteiger partial charge in [0, 0.05) is 11.9 Å². The van der Waals surface area contributed by atoms with Gasteiger partial charge in [-0.3, -0.25) is 4.40 Å². The molecule has 0 unspecified atom stereocenters. The van der Waals surface area contributed by atoms with E-state index in [9.17, 15) is 26.3 Å². The van der Waals surface area contributed by atoms with E-state index in [1.165, 1.54) is 22.6 Å². The van der Waals surface area contributed by atoms with E-state index in [-0.39, 0.29) is 22.3 Å². The minimum atomic E-state index is -4.77. The summed E-state index contributed by atoms with van der Waals surface area (Å²) in [4.78, 5) is 0. The first-order valence-electron chi connectivity index (χ1n) is 7.01. The predicted octanol–water partition coefficient (Wildman–Crippen LogP) is 4.94. The molecule has 0 bridgehead atoms. The molecule has 3 rings (SSSR count). The molecule has 0 amide bonds. The Morgan fingerprint density at radius 3 is 2.23 bits per heavy atom. The molecule has 0 radical (unpaired) electrons. The topological polar surface area (TPSA) is 39.4 Å². The Labute approximate surface area is 146 Å². The number of pyridine rings is 1. The van der Waals surface area contributed by atoms with Gasteiger partial charge >= 0.3 is 12.5 Å². The Morgan fingerprint density at radius 2 is 1.62 bits per heavy atom. The van der Waals surface area contributed by atoms with Gasteiger partial charge in [0.1, 0.15) is 5.75 Å². The summed E-state index contributed by atoms with van der Waals surface area (Å²) < 4.78 is 79.8. The van der Waals surface area contributed by atoms with Gasteiger partial charge in [-0.25, -0.2) is 0 Å². The number of nitrogens with zero attached hydrogens (tertiary/aromatic N) is 3. The lowest BCUT2D eigenvalue weighted by molar-refractivity contribution is -0.274. The molecule has 0 saturated carbocycles. The van der Waals surface area contributed by atoms with Crippen LogP contribution in [0.4, 0.5) is 26.3 Å². The van der Waals surface area contributed by atoms with Crippen LogP contribution in [0.15, 0.2) is 47.8 Å². The van der Waals surface area contributed by atoms with E-state index in [1.807, 2.05) is 0 Å². The molecule has 3 aromatic rings. The van der Waals surface area contributed by atoms with Gasteiger partial charge in [-0.1, -0.05) is 23.9 Å². The number of alkyl halides is 6. The summed E-state index contributed by atoms with van der Waals surface area (Å²) in [5.74, 6) is -0.0717. The summed E-state index contributed by atoms with van der Waals surface area (Å²) in [5.41, 5.74) is 0.0722. The lowest BCUT2D eigenvalue weighted by Crippen LogP contribution is -2.16. The van der Waals surface area contributed by atoms with Crippen LogP contribution in [0.5, 0.6) is 5.75 Å². The van der Waals surface area contributed by atoms with Crippen LogP contribution >= 0.6 is 11.8 Å². The molecule has 138 valence electrons. The molecule has 2 heterocycles. The van der Waals surface area contributed by atoms with Crippen molar-refractivity contribution in [2.45, 2.75) is 23.4 Å². The van der Waals surface area contributed by atoms with Crippen molar-refractivity contribution in [3.63, 3.8) is 0 Å². The fraction of sp³-hybridized carbons (Fsp3) is 0.200. The van der Waals surface area contributed by atoms with Crippen molar-refractivity contribution >= 4 is 17.4 Å². The Hall–Kier alpha value is -2.43. The fourth-order valence-corrected chi connectivity index (χ4v) is 2.94. The number of thioether (sulfide) groups is 1. The van der Waals surface area contributed by atoms with E-state index in [0.29, 0.717) is 5.56 Å². The summed E-state index contributed by atoms with van der Waals surface area (Å²) in [7, 11) is 0. The van der Waals surface area contributed by atoms with Gasteiger partial charge in [-0.15, -0.1) is 23.4 Å². The fourth-order valence-electron chi connectivity index (χ4n) is 2.07. The van der Waals surface area contributed by atoms with Crippen LogP contribution in [0.25, 0.3) is 5.65 Å². The SMILES string of the molecule is FC(F)(F)Oc1ccc(CSc2nnc3ccc(C(F)(F)F)cn23)cc1. The first kappa shape index (κ1) is 18.4. The number of fused-ring (bicyclic) bond motifs is 1. The van der Waals surface area contributed by atoms with Gasteiger partial charge < -0.3 is 4.74 Å². The minimum absolute atomic E-state index is 0.238. The Morgan fingerprint density at radius 1 is 0.923 bits per heavy atom. The molecule has 0 spiro atoms. The molecule has 4 nitrogen and oxygen atoms in total. The average molecular weight is 393 g/mol. The van der Waals surface area contributed by atoms with Crippen molar-refractivity contribution in [3.8, 4) is 5.75 Å². The van der Waals surface area contributed by atoms with Crippen molar-refractivity contribution in [1.29, 1.82) is 0 Å². The van der Waals surface area contributed by atoms with Crippen LogP contribution in [0, 0.1) is 0 Å². The second-order valence-corrected chi connectivity index (χ2v) is 6.05. The summed E-state index contributed by atoms with van der Waals surface area (Å²) in [6.07, 6.45) is -8.36. The molecule has 0 aliphatic rings. The van der Waals surface area contributed by atoms with E-state index in [1.54, 1.807) is 0 Å². The quantitative estimate of drug-likeness (QED) is 0.465. The number of ether oxygens (including phenoxy) is 1. The van der Waals surface area contributed by atoms with Crippen molar-refractivity contribution in [3.05, 3.63) is 53.7 Å². The van der Waals surface area contributed by atoms with Crippen LogP contribution in [-0.2, 0) is 11.9 Å². The van der Waals surface area contributed by atoms with Crippen molar-refractivity contribution in [2.24, 2.45) is 0 Å². The van der Waals surface area contributed by atoms with E-state index < -0.39 is 18.1 Å². The van der Waals surface area contributed by atoms with Gasteiger partial charge in [0.2, 0.25) is 0 Å². The highest BCUT2D eigenvalue weighted by Crippen LogP contribution is 2.31. The van der Waals surface area contributed by atoms with E-state index >= 15 is 0 Å². The maximum atomic E-state index is 12.8. The molecule has 2 aromatic heterocycles. The summed E-state index contributed by atoms with van der Waals surface area (Å²) in [6.45, 7) is 0. The molecule has 0 N–H and O–H groups in total. The molecule has 1 aromatic carbocycles.